The van der Waals surface area contributed by atoms with Gasteiger partial charge in [0.1, 0.15) is 0 Å². The van der Waals surface area contributed by atoms with Crippen LogP contribution in [0.25, 0.3) is 0 Å². The molecule has 0 bridgehead atoms. The van der Waals surface area contributed by atoms with Crippen molar-refractivity contribution in [3.8, 4) is 0 Å². The third-order valence-electron chi connectivity index (χ3n) is 4.74. The lowest BCUT2D eigenvalue weighted by Crippen LogP contribution is -2.30. The number of aromatic carboxylic acids is 1. The van der Waals surface area contributed by atoms with Crippen LogP contribution in [0.15, 0.2) is 48.5 Å². The Kier molecular flexibility index (Phi) is 6.00. The molecule has 2 atom stereocenters. The fourth-order valence-electron chi connectivity index (χ4n) is 3.28. The number of hydrogen-bond donors (Lipinski definition) is 2. The number of carbonyl (C=O) groups excluding carboxylic acids is 1. The number of amides is 1. The third-order valence-corrected chi connectivity index (χ3v) is 4.74. The first-order valence-corrected chi connectivity index (χ1v) is 8.90. The van der Waals surface area contributed by atoms with Gasteiger partial charge in [-0.2, -0.15) is 0 Å². The first-order valence-electron chi connectivity index (χ1n) is 8.90. The molecule has 1 aliphatic heterocycles. The number of benzene rings is 2. The highest BCUT2D eigenvalue weighted by molar-refractivity contribution is 5.98. The van der Waals surface area contributed by atoms with Crippen molar-refractivity contribution in [3.05, 3.63) is 75.3 Å². The van der Waals surface area contributed by atoms with Gasteiger partial charge >= 0.3 is 5.97 Å². The maximum atomic E-state index is 12.8. The van der Waals surface area contributed by atoms with Crippen molar-refractivity contribution in [2.45, 2.75) is 18.9 Å². The summed E-state index contributed by atoms with van der Waals surface area (Å²) in [5, 5.41) is 23.2. The average Bonchev–Trinajstić information content (AvgIpc) is 3.20. The molecule has 2 aromatic carbocycles. The van der Waals surface area contributed by atoms with E-state index in [0.717, 1.165) is 30.2 Å². The normalized spacial score (nSPS) is 17.1. The summed E-state index contributed by atoms with van der Waals surface area (Å²) in [6.07, 6.45) is 1.57. The van der Waals surface area contributed by atoms with Crippen LogP contribution >= 0.6 is 0 Å². The van der Waals surface area contributed by atoms with Gasteiger partial charge in [-0.1, -0.05) is 30.3 Å². The Morgan fingerprint density at radius 1 is 1.21 bits per heavy atom. The van der Waals surface area contributed by atoms with Crippen LogP contribution in [-0.2, 0) is 4.74 Å². The van der Waals surface area contributed by atoms with Crippen LogP contribution in [0.1, 0.15) is 45.2 Å². The quantitative estimate of drug-likeness (QED) is 0.559. The number of nitro groups is 1. The Labute approximate surface area is 161 Å². The number of ether oxygens (including phenoxy) is 1. The minimum absolute atomic E-state index is 0.0600. The van der Waals surface area contributed by atoms with Gasteiger partial charge in [0.05, 0.1) is 16.5 Å². The lowest BCUT2D eigenvalue weighted by molar-refractivity contribution is -0.384. The predicted octanol–water partition coefficient (Wildman–Crippen LogP) is 3.19. The van der Waals surface area contributed by atoms with Gasteiger partial charge in [0.2, 0.25) is 0 Å². The molecule has 3 rings (SSSR count). The summed E-state index contributed by atoms with van der Waals surface area (Å²) in [6.45, 7) is 1.31. The van der Waals surface area contributed by atoms with Crippen molar-refractivity contribution < 1.29 is 24.4 Å². The van der Waals surface area contributed by atoms with Crippen molar-refractivity contribution in [1.29, 1.82) is 0 Å². The predicted molar refractivity (Wildman–Crippen MR) is 100 cm³/mol. The number of nitro benzene ring substituents is 1. The Bertz CT molecular complexity index is 845. The zero-order chi connectivity index (χ0) is 20.1. The highest BCUT2D eigenvalue weighted by Gasteiger charge is 2.25. The smallest absolute Gasteiger partial charge is 0.335 e. The first kappa shape index (κ1) is 19.5. The minimum Gasteiger partial charge on any atom is -0.478 e. The van der Waals surface area contributed by atoms with E-state index < -0.39 is 22.5 Å². The van der Waals surface area contributed by atoms with E-state index in [1.165, 1.54) is 0 Å². The van der Waals surface area contributed by atoms with Crippen molar-refractivity contribution in [2.24, 2.45) is 5.92 Å². The standard InChI is InChI=1S/C20H20N2O6/c23-19(15-9-16(20(24)25)11-17(10-15)22(26)27)21-18(8-13-6-7-28-12-13)14-4-2-1-3-5-14/h1-5,9-11,13,18H,6-8,12H2,(H,21,23)(H,24,25). The zero-order valence-electron chi connectivity index (χ0n) is 15.0. The molecule has 146 valence electrons. The van der Waals surface area contributed by atoms with Gasteiger partial charge in [-0.3, -0.25) is 14.9 Å². The second-order valence-electron chi connectivity index (χ2n) is 6.73. The molecule has 0 aromatic heterocycles. The van der Waals surface area contributed by atoms with Crippen molar-refractivity contribution in [1.82, 2.24) is 5.32 Å². The highest BCUT2D eigenvalue weighted by atomic mass is 16.6. The molecule has 2 aromatic rings. The highest BCUT2D eigenvalue weighted by Crippen LogP contribution is 2.27. The Morgan fingerprint density at radius 3 is 2.54 bits per heavy atom. The molecule has 2 N–H and O–H groups in total. The summed E-state index contributed by atoms with van der Waals surface area (Å²) in [4.78, 5) is 34.4. The molecule has 8 nitrogen and oxygen atoms in total. The number of carboxylic acids is 1. The summed E-state index contributed by atoms with van der Waals surface area (Å²) in [5.41, 5.74) is 0.104. The van der Waals surface area contributed by atoms with Gasteiger partial charge in [0.15, 0.2) is 0 Å². The van der Waals surface area contributed by atoms with E-state index in [0.29, 0.717) is 25.6 Å². The molecule has 1 saturated heterocycles. The van der Waals surface area contributed by atoms with Crippen LogP contribution in [0.3, 0.4) is 0 Å². The molecule has 0 radical (unpaired) electrons. The largest absolute Gasteiger partial charge is 0.478 e. The van der Waals surface area contributed by atoms with E-state index in [1.54, 1.807) is 0 Å². The van der Waals surface area contributed by atoms with Gasteiger partial charge in [-0.15, -0.1) is 0 Å². The van der Waals surface area contributed by atoms with Crippen LogP contribution in [0, 0.1) is 16.0 Å². The van der Waals surface area contributed by atoms with E-state index >= 15 is 0 Å². The summed E-state index contributed by atoms with van der Waals surface area (Å²) in [5.74, 6) is -1.59. The molecular formula is C20H20N2O6. The van der Waals surface area contributed by atoms with E-state index in [9.17, 15) is 24.8 Å². The van der Waals surface area contributed by atoms with Gasteiger partial charge in [0.25, 0.3) is 11.6 Å². The van der Waals surface area contributed by atoms with Crippen molar-refractivity contribution in [2.75, 3.05) is 13.2 Å². The molecule has 1 fully saturated rings. The van der Waals surface area contributed by atoms with E-state index in [1.807, 2.05) is 30.3 Å². The van der Waals surface area contributed by atoms with Crippen LogP contribution in [0.4, 0.5) is 5.69 Å². The maximum absolute atomic E-state index is 12.8. The second kappa shape index (κ2) is 8.62. The molecule has 0 spiro atoms. The summed E-state index contributed by atoms with van der Waals surface area (Å²) >= 11 is 0. The fraction of sp³-hybridized carbons (Fsp3) is 0.300. The molecule has 1 amide bonds. The number of nitrogens with zero attached hydrogens (tertiary/aromatic N) is 1. The third kappa shape index (κ3) is 4.72. The Morgan fingerprint density at radius 2 is 1.93 bits per heavy atom. The Hall–Kier alpha value is -3.26. The molecule has 2 unspecified atom stereocenters. The van der Waals surface area contributed by atoms with Gasteiger partial charge in [-0.25, -0.2) is 4.79 Å². The lowest BCUT2D eigenvalue weighted by Gasteiger charge is -2.22. The number of non-ortho nitro benzene ring substituents is 1. The zero-order valence-corrected chi connectivity index (χ0v) is 15.0. The molecular weight excluding hydrogens is 364 g/mol. The molecule has 8 heteroatoms. The second-order valence-corrected chi connectivity index (χ2v) is 6.73. The molecule has 0 aliphatic carbocycles. The maximum Gasteiger partial charge on any atom is 0.335 e. The Balaban J connectivity index is 1.86. The van der Waals surface area contributed by atoms with E-state index in [4.69, 9.17) is 4.74 Å². The average molecular weight is 384 g/mol. The van der Waals surface area contributed by atoms with Crippen LogP contribution in [-0.4, -0.2) is 35.1 Å². The molecule has 1 aliphatic rings. The van der Waals surface area contributed by atoms with Crippen LogP contribution < -0.4 is 5.32 Å². The van der Waals surface area contributed by atoms with Crippen LogP contribution in [0.5, 0.6) is 0 Å². The monoisotopic (exact) mass is 384 g/mol. The molecule has 28 heavy (non-hydrogen) atoms. The number of carbonyl (C=O) groups is 2. The topological polar surface area (TPSA) is 119 Å². The number of hydrogen-bond acceptors (Lipinski definition) is 5. The number of rotatable bonds is 7. The van der Waals surface area contributed by atoms with Gasteiger partial charge in [-0.05, 0) is 30.4 Å². The number of nitrogens with one attached hydrogen (secondary N) is 1. The minimum atomic E-state index is -1.33. The summed E-state index contributed by atoms with van der Waals surface area (Å²) < 4.78 is 5.41. The molecule has 1 heterocycles. The van der Waals surface area contributed by atoms with Gasteiger partial charge < -0.3 is 15.2 Å². The lowest BCUT2D eigenvalue weighted by atomic mass is 9.93. The van der Waals surface area contributed by atoms with Crippen molar-refractivity contribution >= 4 is 17.6 Å². The summed E-state index contributed by atoms with van der Waals surface area (Å²) in [6, 6.07) is 12.3. The number of carboxylic acid groups (broad SMARTS) is 1. The van der Waals surface area contributed by atoms with E-state index in [2.05, 4.69) is 5.32 Å². The molecule has 0 saturated carbocycles. The summed E-state index contributed by atoms with van der Waals surface area (Å²) in [7, 11) is 0. The first-order chi connectivity index (χ1) is 13.4. The van der Waals surface area contributed by atoms with Crippen molar-refractivity contribution in [3.63, 3.8) is 0 Å². The van der Waals surface area contributed by atoms with E-state index in [-0.39, 0.29) is 17.2 Å². The SMILES string of the molecule is O=C(O)c1cc(C(=O)NC(CC2CCOC2)c2ccccc2)cc([N+](=O)[O-])c1. The van der Waals surface area contributed by atoms with Crippen LogP contribution in [0.2, 0.25) is 0 Å². The fourth-order valence-corrected chi connectivity index (χ4v) is 3.28. The van der Waals surface area contributed by atoms with Gasteiger partial charge in [0, 0.05) is 30.9 Å².